The number of H-pyrrole nitrogens is 1. The fourth-order valence-electron chi connectivity index (χ4n) is 1.09. The van der Waals surface area contributed by atoms with Crippen molar-refractivity contribution in [3.05, 3.63) is 21.7 Å². The van der Waals surface area contributed by atoms with E-state index in [1.807, 2.05) is 25.6 Å². The molecule has 4 heteroatoms. The zero-order valence-corrected chi connectivity index (χ0v) is 10.5. The van der Waals surface area contributed by atoms with Crippen LogP contribution in [0.1, 0.15) is 30.4 Å². The standard InChI is InChI=1S/C10H16N2S2/c1-4-5-14-6-9-11-8(3)7(2)10(13)12-9/h4-6H2,1-3H3,(H,11,12,13). The molecular weight excluding hydrogens is 212 g/mol. The topological polar surface area (TPSA) is 28.7 Å². The van der Waals surface area contributed by atoms with Gasteiger partial charge in [-0.15, -0.1) is 0 Å². The Morgan fingerprint density at radius 2 is 2.14 bits per heavy atom. The Bertz CT molecular complexity index is 358. The molecule has 0 fully saturated rings. The highest BCUT2D eigenvalue weighted by molar-refractivity contribution is 7.98. The van der Waals surface area contributed by atoms with Gasteiger partial charge in [-0.3, -0.25) is 0 Å². The van der Waals surface area contributed by atoms with Gasteiger partial charge >= 0.3 is 0 Å². The quantitative estimate of drug-likeness (QED) is 0.632. The van der Waals surface area contributed by atoms with E-state index in [9.17, 15) is 0 Å². The number of aromatic amines is 1. The Labute approximate surface area is 94.5 Å². The molecule has 0 radical (unpaired) electrons. The maximum atomic E-state index is 5.17. The third-order valence-corrected chi connectivity index (χ3v) is 3.61. The van der Waals surface area contributed by atoms with Gasteiger partial charge in [0.1, 0.15) is 10.5 Å². The van der Waals surface area contributed by atoms with Crippen molar-refractivity contribution in [2.45, 2.75) is 32.9 Å². The van der Waals surface area contributed by atoms with E-state index in [0.29, 0.717) is 0 Å². The van der Waals surface area contributed by atoms with Crippen molar-refractivity contribution in [1.29, 1.82) is 0 Å². The van der Waals surface area contributed by atoms with Crippen LogP contribution in [0.5, 0.6) is 0 Å². The molecule has 0 bridgehead atoms. The van der Waals surface area contributed by atoms with Crippen molar-refractivity contribution in [3.63, 3.8) is 0 Å². The summed E-state index contributed by atoms with van der Waals surface area (Å²) in [6, 6.07) is 0. The first kappa shape index (κ1) is 11.7. The van der Waals surface area contributed by atoms with Gasteiger partial charge in [0.05, 0.1) is 5.75 Å². The number of hydrogen-bond acceptors (Lipinski definition) is 3. The highest BCUT2D eigenvalue weighted by Gasteiger charge is 2.00. The zero-order chi connectivity index (χ0) is 10.6. The van der Waals surface area contributed by atoms with Crippen LogP contribution in [0.2, 0.25) is 0 Å². The van der Waals surface area contributed by atoms with Crippen LogP contribution in [0.4, 0.5) is 0 Å². The van der Waals surface area contributed by atoms with Gasteiger partial charge in [0, 0.05) is 11.3 Å². The lowest BCUT2D eigenvalue weighted by Gasteiger charge is -2.04. The lowest BCUT2D eigenvalue weighted by atomic mass is 10.3. The second-order valence-corrected chi connectivity index (χ2v) is 4.78. The van der Waals surface area contributed by atoms with Crippen LogP contribution in [-0.4, -0.2) is 15.7 Å². The summed E-state index contributed by atoms with van der Waals surface area (Å²) in [5, 5.41) is 0. The van der Waals surface area contributed by atoms with Crippen LogP contribution in [0.3, 0.4) is 0 Å². The minimum Gasteiger partial charge on any atom is -0.346 e. The molecule has 1 N–H and O–H groups in total. The molecular formula is C10H16N2S2. The van der Waals surface area contributed by atoms with Crippen molar-refractivity contribution in [3.8, 4) is 0 Å². The van der Waals surface area contributed by atoms with Crippen LogP contribution < -0.4 is 0 Å². The molecule has 0 saturated heterocycles. The van der Waals surface area contributed by atoms with E-state index >= 15 is 0 Å². The Morgan fingerprint density at radius 3 is 2.71 bits per heavy atom. The Kier molecular flexibility index (Phi) is 4.62. The van der Waals surface area contributed by atoms with Crippen molar-refractivity contribution >= 4 is 24.0 Å². The molecule has 78 valence electrons. The van der Waals surface area contributed by atoms with Crippen molar-refractivity contribution in [2.24, 2.45) is 0 Å². The summed E-state index contributed by atoms with van der Waals surface area (Å²) in [5.41, 5.74) is 2.22. The molecule has 2 nitrogen and oxygen atoms in total. The number of thioether (sulfide) groups is 1. The van der Waals surface area contributed by atoms with Gasteiger partial charge in [-0.05, 0) is 26.0 Å². The Balaban J connectivity index is 2.75. The second-order valence-electron chi connectivity index (χ2n) is 3.29. The van der Waals surface area contributed by atoms with Crippen LogP contribution in [0.25, 0.3) is 0 Å². The first-order valence-electron chi connectivity index (χ1n) is 4.79. The van der Waals surface area contributed by atoms with E-state index in [1.165, 1.54) is 12.2 Å². The Morgan fingerprint density at radius 1 is 1.43 bits per heavy atom. The normalized spacial score (nSPS) is 10.5. The van der Waals surface area contributed by atoms with Gasteiger partial charge in [-0.25, -0.2) is 4.98 Å². The van der Waals surface area contributed by atoms with Crippen LogP contribution in [-0.2, 0) is 5.75 Å². The summed E-state index contributed by atoms with van der Waals surface area (Å²) in [4.78, 5) is 7.62. The molecule has 0 saturated carbocycles. The van der Waals surface area contributed by atoms with E-state index in [2.05, 4.69) is 16.9 Å². The van der Waals surface area contributed by atoms with Gasteiger partial charge < -0.3 is 4.98 Å². The first-order valence-corrected chi connectivity index (χ1v) is 6.35. The fraction of sp³-hybridized carbons (Fsp3) is 0.600. The van der Waals surface area contributed by atoms with E-state index in [0.717, 1.165) is 27.5 Å². The molecule has 1 aromatic heterocycles. The minimum absolute atomic E-state index is 0.730. The predicted octanol–water partition coefficient (Wildman–Crippen LogP) is 3.40. The number of aryl methyl sites for hydroxylation is 1. The largest absolute Gasteiger partial charge is 0.346 e. The molecule has 0 unspecified atom stereocenters. The molecule has 0 aliphatic carbocycles. The second kappa shape index (κ2) is 5.51. The molecule has 0 amide bonds. The fourth-order valence-corrected chi connectivity index (χ4v) is 2.11. The monoisotopic (exact) mass is 228 g/mol. The summed E-state index contributed by atoms with van der Waals surface area (Å²) >= 11 is 7.06. The van der Waals surface area contributed by atoms with E-state index in [4.69, 9.17) is 12.2 Å². The summed E-state index contributed by atoms with van der Waals surface area (Å²) in [5.74, 6) is 3.10. The number of hydrogen-bond donors (Lipinski definition) is 1. The number of nitrogens with zero attached hydrogens (tertiary/aromatic N) is 1. The van der Waals surface area contributed by atoms with Crippen molar-refractivity contribution in [1.82, 2.24) is 9.97 Å². The van der Waals surface area contributed by atoms with Gasteiger partial charge in [-0.1, -0.05) is 19.1 Å². The van der Waals surface area contributed by atoms with Crippen LogP contribution in [0.15, 0.2) is 0 Å². The highest BCUT2D eigenvalue weighted by atomic mass is 32.2. The molecule has 1 aromatic rings. The van der Waals surface area contributed by atoms with Crippen LogP contribution >= 0.6 is 24.0 Å². The van der Waals surface area contributed by atoms with E-state index in [-0.39, 0.29) is 0 Å². The molecule has 1 heterocycles. The molecule has 1 rings (SSSR count). The molecule has 0 aromatic carbocycles. The summed E-state index contributed by atoms with van der Waals surface area (Å²) in [6.07, 6.45) is 1.20. The van der Waals surface area contributed by atoms with Crippen molar-refractivity contribution < 1.29 is 0 Å². The van der Waals surface area contributed by atoms with Gasteiger partial charge in [0.2, 0.25) is 0 Å². The lowest BCUT2D eigenvalue weighted by molar-refractivity contribution is 0.960. The van der Waals surface area contributed by atoms with Gasteiger partial charge in [0.25, 0.3) is 0 Å². The van der Waals surface area contributed by atoms with Gasteiger partial charge in [0.15, 0.2) is 0 Å². The SMILES string of the molecule is CCCSCc1nc(=S)c(C)c(C)[nH]1. The minimum atomic E-state index is 0.730. The van der Waals surface area contributed by atoms with E-state index < -0.39 is 0 Å². The van der Waals surface area contributed by atoms with Crippen LogP contribution in [0, 0.1) is 18.5 Å². The predicted molar refractivity (Wildman–Crippen MR) is 65.3 cm³/mol. The maximum Gasteiger partial charge on any atom is 0.132 e. The van der Waals surface area contributed by atoms with E-state index in [1.54, 1.807) is 0 Å². The molecule has 0 aliphatic heterocycles. The molecule has 14 heavy (non-hydrogen) atoms. The molecule has 0 aliphatic rings. The third-order valence-electron chi connectivity index (χ3n) is 2.04. The Hall–Kier alpha value is -0.350. The van der Waals surface area contributed by atoms with Crippen molar-refractivity contribution in [2.75, 3.05) is 5.75 Å². The first-order chi connectivity index (χ1) is 6.65. The zero-order valence-electron chi connectivity index (χ0n) is 8.89. The lowest BCUT2D eigenvalue weighted by Crippen LogP contribution is -1.99. The number of rotatable bonds is 4. The average Bonchev–Trinajstić information content (AvgIpc) is 2.14. The summed E-state index contributed by atoms with van der Waals surface area (Å²) in [7, 11) is 0. The smallest absolute Gasteiger partial charge is 0.132 e. The average molecular weight is 228 g/mol. The summed E-state index contributed by atoms with van der Waals surface area (Å²) < 4.78 is 0.730. The molecule has 0 spiro atoms. The highest BCUT2D eigenvalue weighted by Crippen LogP contribution is 2.11. The summed E-state index contributed by atoms with van der Waals surface area (Å²) in [6.45, 7) is 6.23. The third kappa shape index (κ3) is 3.10. The van der Waals surface area contributed by atoms with Gasteiger partial charge in [-0.2, -0.15) is 11.8 Å². The maximum absolute atomic E-state index is 5.17. The number of nitrogens with one attached hydrogen (secondary N) is 1. The number of aromatic nitrogens is 2. The molecule has 0 atom stereocenters.